The fourth-order valence-electron chi connectivity index (χ4n) is 1.53. The Balaban J connectivity index is 2.41. The second-order valence-electron chi connectivity index (χ2n) is 4.51. The molecule has 0 aliphatic rings. The van der Waals surface area contributed by atoms with E-state index >= 15 is 0 Å². The number of aryl methyl sites for hydroxylation is 1. The number of hydrogen-bond donors (Lipinski definition) is 1. The average molecular weight is 333 g/mol. The van der Waals surface area contributed by atoms with E-state index in [0.29, 0.717) is 12.2 Å². The van der Waals surface area contributed by atoms with Crippen LogP contribution in [-0.4, -0.2) is 38.9 Å². The first kappa shape index (κ1) is 16.3. The van der Waals surface area contributed by atoms with Gasteiger partial charge < -0.3 is 10.7 Å². The Morgan fingerprint density at radius 3 is 2.45 bits per heavy atom. The van der Waals surface area contributed by atoms with E-state index in [-0.39, 0.29) is 16.1 Å². The van der Waals surface area contributed by atoms with E-state index < -0.39 is 11.9 Å². The summed E-state index contributed by atoms with van der Waals surface area (Å²) in [5.74, 6) is 6.42. The average Bonchev–Trinajstić information content (AvgIpc) is 2.78. The van der Waals surface area contributed by atoms with Crippen molar-refractivity contribution in [1.82, 2.24) is 24.8 Å². The van der Waals surface area contributed by atoms with Crippen LogP contribution in [0.4, 0.5) is 19.0 Å². The van der Waals surface area contributed by atoms with E-state index in [1.807, 2.05) is 6.92 Å². The number of aromatic nitrogens is 5. The Hall–Kier alpha value is -2.04. The van der Waals surface area contributed by atoms with Gasteiger partial charge in [-0.1, -0.05) is 6.92 Å². The van der Waals surface area contributed by atoms with E-state index in [0.717, 1.165) is 17.8 Å². The van der Waals surface area contributed by atoms with Crippen molar-refractivity contribution >= 4 is 17.6 Å². The number of alkyl halides is 3. The van der Waals surface area contributed by atoms with Crippen molar-refractivity contribution in [2.45, 2.75) is 29.8 Å². The van der Waals surface area contributed by atoms with Gasteiger partial charge in [-0.15, -0.1) is 10.2 Å². The molecule has 11 heteroatoms. The molecule has 2 N–H and O–H groups in total. The zero-order valence-corrected chi connectivity index (χ0v) is 12.9. The van der Waals surface area contributed by atoms with Crippen molar-refractivity contribution in [3.05, 3.63) is 17.6 Å². The molecule has 0 unspecified atom stereocenters. The van der Waals surface area contributed by atoms with Crippen LogP contribution in [0.2, 0.25) is 0 Å². The lowest BCUT2D eigenvalue weighted by Gasteiger charge is -2.14. The van der Waals surface area contributed by atoms with Crippen LogP contribution in [0.3, 0.4) is 0 Å². The SMILES string of the molecule is CCc1nnc(Sc2nc(N(C)C)cc(C(F)(F)F)n2)n1N. The highest BCUT2D eigenvalue weighted by Crippen LogP contribution is 2.32. The lowest BCUT2D eigenvalue weighted by molar-refractivity contribution is -0.141. The third-order valence-electron chi connectivity index (χ3n) is 2.67. The molecule has 0 saturated carbocycles. The van der Waals surface area contributed by atoms with Gasteiger partial charge in [-0.05, 0) is 11.8 Å². The maximum Gasteiger partial charge on any atom is 0.433 e. The molecule has 0 fully saturated rings. The van der Waals surface area contributed by atoms with Crippen molar-refractivity contribution < 1.29 is 13.2 Å². The Labute approximate surface area is 128 Å². The molecule has 2 aromatic rings. The summed E-state index contributed by atoms with van der Waals surface area (Å²) in [6.07, 6.45) is -4.01. The molecule has 0 radical (unpaired) electrons. The predicted molar refractivity (Wildman–Crippen MR) is 75.0 cm³/mol. The Morgan fingerprint density at radius 2 is 1.95 bits per heavy atom. The molecule has 0 bridgehead atoms. The molecule has 0 saturated heterocycles. The van der Waals surface area contributed by atoms with E-state index in [1.54, 1.807) is 14.1 Å². The van der Waals surface area contributed by atoms with Crippen LogP contribution in [0.15, 0.2) is 16.4 Å². The second kappa shape index (κ2) is 5.99. The van der Waals surface area contributed by atoms with Crippen molar-refractivity contribution in [2.24, 2.45) is 0 Å². The highest BCUT2D eigenvalue weighted by atomic mass is 32.2. The van der Waals surface area contributed by atoms with Crippen molar-refractivity contribution in [1.29, 1.82) is 0 Å². The first-order chi connectivity index (χ1) is 10.2. The van der Waals surface area contributed by atoms with Gasteiger partial charge in [0, 0.05) is 26.6 Å². The third-order valence-corrected chi connectivity index (χ3v) is 3.50. The number of anilines is 1. The number of nitrogens with two attached hydrogens (primary N) is 1. The van der Waals surface area contributed by atoms with E-state index in [4.69, 9.17) is 5.84 Å². The van der Waals surface area contributed by atoms with Gasteiger partial charge in [-0.25, -0.2) is 14.6 Å². The van der Waals surface area contributed by atoms with Crippen LogP contribution >= 0.6 is 11.8 Å². The molecule has 0 amide bonds. The van der Waals surface area contributed by atoms with E-state index in [1.165, 1.54) is 9.58 Å². The molecule has 2 aromatic heterocycles. The van der Waals surface area contributed by atoms with Gasteiger partial charge in [0.05, 0.1) is 0 Å². The smallest absolute Gasteiger partial charge is 0.363 e. The Kier molecular flexibility index (Phi) is 4.44. The molecule has 0 atom stereocenters. The van der Waals surface area contributed by atoms with Crippen LogP contribution < -0.4 is 10.7 Å². The Bertz CT molecular complexity index is 668. The molecule has 2 heterocycles. The van der Waals surface area contributed by atoms with Crippen LogP contribution in [0.25, 0.3) is 0 Å². The van der Waals surface area contributed by atoms with Crippen LogP contribution in [-0.2, 0) is 12.6 Å². The summed E-state index contributed by atoms with van der Waals surface area (Å²) < 4.78 is 39.9. The number of nitrogen functional groups attached to an aromatic ring is 1. The van der Waals surface area contributed by atoms with Gasteiger partial charge in [-0.3, -0.25) is 0 Å². The van der Waals surface area contributed by atoms with Crippen LogP contribution in [0.5, 0.6) is 0 Å². The molecule has 120 valence electrons. The third kappa shape index (κ3) is 3.40. The molecule has 0 aromatic carbocycles. The zero-order valence-electron chi connectivity index (χ0n) is 12.1. The number of rotatable bonds is 4. The first-order valence-electron chi connectivity index (χ1n) is 6.23. The highest BCUT2D eigenvalue weighted by molar-refractivity contribution is 7.99. The normalized spacial score (nSPS) is 11.7. The topological polar surface area (TPSA) is 85.8 Å². The van der Waals surface area contributed by atoms with Crippen molar-refractivity contribution in [3.63, 3.8) is 0 Å². The lowest BCUT2D eigenvalue weighted by atomic mass is 10.4. The first-order valence-corrected chi connectivity index (χ1v) is 7.04. The molecular formula is C11H14F3N7S. The summed E-state index contributed by atoms with van der Waals surface area (Å²) in [4.78, 5) is 9.04. The monoisotopic (exact) mass is 333 g/mol. The van der Waals surface area contributed by atoms with E-state index in [2.05, 4.69) is 20.2 Å². The minimum Gasteiger partial charge on any atom is -0.363 e. The largest absolute Gasteiger partial charge is 0.433 e. The minimum atomic E-state index is -4.56. The van der Waals surface area contributed by atoms with Gasteiger partial charge >= 0.3 is 6.18 Å². The fourth-order valence-corrected chi connectivity index (χ4v) is 2.26. The lowest BCUT2D eigenvalue weighted by Crippen LogP contribution is -2.16. The maximum absolute atomic E-state index is 12.9. The summed E-state index contributed by atoms with van der Waals surface area (Å²) in [7, 11) is 3.19. The Morgan fingerprint density at radius 1 is 1.27 bits per heavy atom. The highest BCUT2D eigenvalue weighted by Gasteiger charge is 2.34. The van der Waals surface area contributed by atoms with Crippen molar-refractivity contribution in [3.8, 4) is 0 Å². The summed E-state index contributed by atoms with van der Waals surface area (Å²) in [6, 6.07) is 0.884. The van der Waals surface area contributed by atoms with Crippen molar-refractivity contribution in [2.75, 3.05) is 24.8 Å². The molecule has 7 nitrogen and oxygen atoms in total. The van der Waals surface area contributed by atoms with Gasteiger partial charge in [0.25, 0.3) is 0 Å². The van der Waals surface area contributed by atoms with Crippen LogP contribution in [0, 0.1) is 0 Å². The summed E-state index contributed by atoms with van der Waals surface area (Å²) in [5.41, 5.74) is -1.02. The summed E-state index contributed by atoms with van der Waals surface area (Å²) in [5, 5.41) is 7.79. The van der Waals surface area contributed by atoms with Gasteiger partial charge in [0.1, 0.15) is 5.82 Å². The van der Waals surface area contributed by atoms with Crippen LogP contribution in [0.1, 0.15) is 18.4 Å². The molecule has 2 rings (SSSR count). The quantitative estimate of drug-likeness (QED) is 0.671. The minimum absolute atomic E-state index is 0.0970. The number of halogens is 3. The fraction of sp³-hybridized carbons (Fsp3) is 0.455. The van der Waals surface area contributed by atoms with Gasteiger partial charge in [0.2, 0.25) is 5.16 Å². The summed E-state index contributed by atoms with van der Waals surface area (Å²) >= 11 is 0.828. The number of hydrogen-bond acceptors (Lipinski definition) is 7. The maximum atomic E-state index is 12.9. The molecular weight excluding hydrogens is 319 g/mol. The molecule has 0 spiro atoms. The van der Waals surface area contributed by atoms with Gasteiger partial charge in [-0.2, -0.15) is 13.2 Å². The van der Waals surface area contributed by atoms with E-state index in [9.17, 15) is 13.2 Å². The van der Waals surface area contributed by atoms with Gasteiger partial charge in [0.15, 0.2) is 16.7 Å². The molecule has 0 aliphatic heterocycles. The molecule has 22 heavy (non-hydrogen) atoms. The predicted octanol–water partition coefficient (Wildman–Crippen LogP) is 1.58. The standard InChI is InChI=1S/C11H14F3N7S/c1-4-7-18-19-10(21(7)15)22-9-16-6(11(12,13)14)5-8(17-9)20(2)3/h5H,4,15H2,1-3H3. The molecule has 0 aliphatic carbocycles. The summed E-state index contributed by atoms with van der Waals surface area (Å²) in [6.45, 7) is 1.84. The number of nitrogens with zero attached hydrogens (tertiary/aromatic N) is 6. The second-order valence-corrected chi connectivity index (χ2v) is 5.44. The zero-order chi connectivity index (χ0) is 16.5.